The van der Waals surface area contributed by atoms with Gasteiger partial charge in [0.15, 0.2) is 0 Å². The van der Waals surface area contributed by atoms with Crippen LogP contribution in [0.5, 0.6) is 0 Å². The first-order chi connectivity index (χ1) is 18.5. The molecule has 0 saturated heterocycles. The summed E-state index contributed by atoms with van der Waals surface area (Å²) in [6.07, 6.45) is 3.77. The Morgan fingerprint density at radius 1 is 1.00 bits per heavy atom. The fourth-order valence-corrected chi connectivity index (χ4v) is 4.47. The lowest BCUT2D eigenvalue weighted by Gasteiger charge is -2.28. The van der Waals surface area contributed by atoms with Crippen LogP contribution in [-0.2, 0) is 30.4 Å². The Hall–Kier alpha value is -3.58. The second-order valence-corrected chi connectivity index (χ2v) is 10.4. The maximum Gasteiger partial charge on any atom is 0.326 e. The Balaban J connectivity index is 2.31. The number of amides is 3. The largest absolute Gasteiger partial charge is 0.481 e. The zero-order valence-electron chi connectivity index (χ0n) is 22.2. The number of fused-ring (bicyclic) bond motifs is 1. The second kappa shape index (κ2) is 15.1. The molecule has 8 N–H and O–H groups in total. The van der Waals surface area contributed by atoms with Gasteiger partial charge in [-0.25, -0.2) is 4.79 Å². The summed E-state index contributed by atoms with van der Waals surface area (Å²) in [5.41, 5.74) is 7.64. The van der Waals surface area contributed by atoms with E-state index in [1.165, 1.54) is 11.8 Å². The van der Waals surface area contributed by atoms with E-state index in [0.29, 0.717) is 18.6 Å². The van der Waals surface area contributed by atoms with Crippen molar-refractivity contribution in [2.75, 3.05) is 12.0 Å². The van der Waals surface area contributed by atoms with Crippen LogP contribution in [0.4, 0.5) is 0 Å². The van der Waals surface area contributed by atoms with Gasteiger partial charge in [0.1, 0.15) is 18.1 Å². The van der Waals surface area contributed by atoms with Crippen LogP contribution in [0.25, 0.3) is 10.9 Å². The summed E-state index contributed by atoms with van der Waals surface area (Å²) in [6.45, 7) is 3.49. The molecule has 214 valence electrons. The molecule has 13 heteroatoms. The third-order valence-corrected chi connectivity index (χ3v) is 7.13. The number of hydrogen-bond donors (Lipinski definition) is 7. The summed E-state index contributed by atoms with van der Waals surface area (Å²) in [6, 6.07) is 2.70. The van der Waals surface area contributed by atoms with Crippen molar-refractivity contribution < 1.29 is 34.2 Å². The van der Waals surface area contributed by atoms with Gasteiger partial charge in [-0.2, -0.15) is 11.8 Å². The summed E-state index contributed by atoms with van der Waals surface area (Å²) in [7, 11) is 0. The Morgan fingerprint density at radius 3 is 2.28 bits per heavy atom. The minimum atomic E-state index is -1.67. The number of aliphatic carboxylic acids is 2. The number of carbonyl (C=O) groups is 5. The van der Waals surface area contributed by atoms with Gasteiger partial charge in [-0.15, -0.1) is 0 Å². The van der Waals surface area contributed by atoms with Crippen molar-refractivity contribution in [2.24, 2.45) is 11.7 Å². The van der Waals surface area contributed by atoms with E-state index >= 15 is 0 Å². The lowest BCUT2D eigenvalue weighted by atomic mass is 9.96. The van der Waals surface area contributed by atoms with Crippen LogP contribution in [-0.4, -0.2) is 81.0 Å². The molecule has 0 aliphatic heterocycles. The van der Waals surface area contributed by atoms with Crippen molar-refractivity contribution in [1.29, 1.82) is 0 Å². The van der Waals surface area contributed by atoms with Crippen LogP contribution >= 0.6 is 11.8 Å². The van der Waals surface area contributed by atoms with E-state index in [4.69, 9.17) is 10.8 Å². The van der Waals surface area contributed by atoms with Crippen molar-refractivity contribution in [3.8, 4) is 0 Å². The maximum atomic E-state index is 13.5. The van der Waals surface area contributed by atoms with Crippen LogP contribution in [0.1, 0.15) is 38.7 Å². The SMILES string of the molecule is CCC(C)C(NC(=O)C(Cc1c[nH]c2ccccc12)NC(=O)C(N)CCSC)C(=O)NC(CC(=O)O)C(=O)O. The predicted octanol–water partition coefficient (Wildman–Crippen LogP) is 0.851. The highest BCUT2D eigenvalue weighted by Gasteiger charge is 2.33. The Kier molecular flexibility index (Phi) is 12.3. The third kappa shape index (κ3) is 9.29. The van der Waals surface area contributed by atoms with Gasteiger partial charge in [-0.1, -0.05) is 38.5 Å². The third-order valence-electron chi connectivity index (χ3n) is 6.49. The molecule has 5 atom stereocenters. The maximum absolute atomic E-state index is 13.5. The molecule has 0 aliphatic carbocycles. The molecular formula is C26H37N5O7S. The van der Waals surface area contributed by atoms with E-state index in [0.717, 1.165) is 16.5 Å². The average Bonchev–Trinajstić information content (AvgIpc) is 3.31. The number of hydrogen-bond acceptors (Lipinski definition) is 7. The molecule has 0 radical (unpaired) electrons. The molecule has 39 heavy (non-hydrogen) atoms. The van der Waals surface area contributed by atoms with Crippen molar-refractivity contribution in [3.63, 3.8) is 0 Å². The van der Waals surface area contributed by atoms with Crippen LogP contribution in [0.3, 0.4) is 0 Å². The molecule has 1 aromatic carbocycles. The topological polar surface area (TPSA) is 204 Å². The highest BCUT2D eigenvalue weighted by Crippen LogP contribution is 2.20. The molecular weight excluding hydrogens is 526 g/mol. The molecule has 12 nitrogen and oxygen atoms in total. The van der Waals surface area contributed by atoms with E-state index in [2.05, 4.69) is 20.9 Å². The number of thioether (sulfide) groups is 1. The van der Waals surface area contributed by atoms with Gasteiger partial charge in [0.25, 0.3) is 0 Å². The molecule has 1 aromatic heterocycles. The minimum Gasteiger partial charge on any atom is -0.481 e. The normalized spacial score (nSPS) is 15.0. The van der Waals surface area contributed by atoms with Gasteiger partial charge in [-0.3, -0.25) is 19.2 Å². The number of para-hydroxylation sites is 1. The lowest BCUT2D eigenvalue weighted by Crippen LogP contribution is -2.59. The molecule has 0 fully saturated rings. The number of carboxylic acid groups (broad SMARTS) is 2. The Bertz CT molecular complexity index is 1170. The summed E-state index contributed by atoms with van der Waals surface area (Å²) in [5, 5.41) is 26.8. The monoisotopic (exact) mass is 563 g/mol. The molecule has 0 spiro atoms. The van der Waals surface area contributed by atoms with E-state index in [1.807, 2.05) is 30.5 Å². The fourth-order valence-electron chi connectivity index (χ4n) is 3.98. The number of aromatic amines is 1. The van der Waals surface area contributed by atoms with E-state index in [9.17, 15) is 29.1 Å². The van der Waals surface area contributed by atoms with Crippen LogP contribution in [0.2, 0.25) is 0 Å². The Labute approximate surface area is 230 Å². The molecule has 0 aliphatic rings. The standard InChI is InChI=1S/C26H37N5O7S/c1-4-14(2)22(25(36)30-20(26(37)38)12-21(32)33)31-24(35)19(29-23(34)17(27)9-10-39-3)11-15-13-28-18-8-6-5-7-16(15)18/h5-8,13-14,17,19-20,22,28H,4,9-12,27H2,1-3H3,(H,29,34)(H,30,36)(H,31,35)(H,32,33)(H,37,38). The predicted molar refractivity (Wildman–Crippen MR) is 148 cm³/mol. The molecule has 0 bridgehead atoms. The van der Waals surface area contributed by atoms with Gasteiger partial charge >= 0.3 is 11.9 Å². The van der Waals surface area contributed by atoms with Crippen molar-refractivity contribution >= 4 is 52.3 Å². The van der Waals surface area contributed by atoms with Crippen LogP contribution in [0.15, 0.2) is 30.5 Å². The fraction of sp³-hybridized carbons (Fsp3) is 0.500. The van der Waals surface area contributed by atoms with Crippen LogP contribution in [0, 0.1) is 5.92 Å². The van der Waals surface area contributed by atoms with Gasteiger partial charge in [0, 0.05) is 23.5 Å². The van der Waals surface area contributed by atoms with Crippen molar-refractivity contribution in [2.45, 2.75) is 63.7 Å². The number of benzene rings is 1. The Morgan fingerprint density at radius 2 is 1.67 bits per heavy atom. The quantitative estimate of drug-likeness (QED) is 0.154. The number of carbonyl (C=O) groups excluding carboxylic acids is 3. The van der Waals surface area contributed by atoms with E-state index < -0.39 is 66.2 Å². The van der Waals surface area contributed by atoms with E-state index in [1.54, 1.807) is 20.0 Å². The number of nitrogens with one attached hydrogen (secondary N) is 4. The molecule has 3 amide bonds. The lowest BCUT2D eigenvalue weighted by molar-refractivity contribution is -0.147. The minimum absolute atomic E-state index is 0.0996. The molecule has 1 heterocycles. The molecule has 2 aromatic rings. The van der Waals surface area contributed by atoms with Gasteiger partial charge in [0.05, 0.1) is 12.5 Å². The second-order valence-electron chi connectivity index (χ2n) is 9.38. The number of carboxylic acids is 2. The molecule has 5 unspecified atom stereocenters. The first kappa shape index (κ1) is 31.6. The van der Waals surface area contributed by atoms with Crippen molar-refractivity contribution in [1.82, 2.24) is 20.9 Å². The molecule has 2 rings (SSSR count). The first-order valence-corrected chi connectivity index (χ1v) is 14.0. The zero-order valence-corrected chi connectivity index (χ0v) is 23.0. The van der Waals surface area contributed by atoms with Gasteiger partial charge in [-0.05, 0) is 36.0 Å². The first-order valence-electron chi connectivity index (χ1n) is 12.6. The number of nitrogens with two attached hydrogens (primary N) is 1. The average molecular weight is 564 g/mol. The summed E-state index contributed by atoms with van der Waals surface area (Å²) < 4.78 is 0. The number of aromatic nitrogens is 1. The zero-order chi connectivity index (χ0) is 29.1. The highest BCUT2D eigenvalue weighted by atomic mass is 32.2. The van der Waals surface area contributed by atoms with Crippen LogP contribution < -0.4 is 21.7 Å². The van der Waals surface area contributed by atoms with E-state index in [-0.39, 0.29) is 6.42 Å². The van der Waals surface area contributed by atoms with Gasteiger partial charge < -0.3 is 36.9 Å². The molecule has 0 saturated carbocycles. The number of rotatable bonds is 16. The highest BCUT2D eigenvalue weighted by molar-refractivity contribution is 7.98. The van der Waals surface area contributed by atoms with Crippen molar-refractivity contribution in [3.05, 3.63) is 36.0 Å². The van der Waals surface area contributed by atoms with Gasteiger partial charge in [0.2, 0.25) is 17.7 Å². The summed E-state index contributed by atoms with van der Waals surface area (Å²) >= 11 is 1.54. The summed E-state index contributed by atoms with van der Waals surface area (Å²) in [4.78, 5) is 65.1. The smallest absolute Gasteiger partial charge is 0.326 e. The number of H-pyrrole nitrogens is 1. The summed E-state index contributed by atoms with van der Waals surface area (Å²) in [5.74, 6) is -4.68.